The van der Waals surface area contributed by atoms with Crippen molar-refractivity contribution in [2.75, 3.05) is 6.54 Å². The van der Waals surface area contributed by atoms with Crippen molar-refractivity contribution in [1.29, 1.82) is 0 Å². The van der Waals surface area contributed by atoms with E-state index >= 15 is 0 Å². The number of carboxylic acids is 1. The van der Waals surface area contributed by atoms with E-state index in [9.17, 15) is 9.59 Å². The van der Waals surface area contributed by atoms with Crippen molar-refractivity contribution in [2.45, 2.75) is 32.1 Å². The third-order valence-corrected chi connectivity index (χ3v) is 7.20. The van der Waals surface area contributed by atoms with Crippen LogP contribution >= 0.6 is 0 Å². The molecule has 1 fully saturated rings. The van der Waals surface area contributed by atoms with E-state index in [1.807, 2.05) is 36.4 Å². The number of benzene rings is 2. The van der Waals surface area contributed by atoms with Gasteiger partial charge in [-0.15, -0.1) is 0 Å². The summed E-state index contributed by atoms with van der Waals surface area (Å²) < 4.78 is 10.3. The molecule has 1 aliphatic carbocycles. The Hall–Kier alpha value is -5.26. The highest BCUT2D eigenvalue weighted by molar-refractivity contribution is 5.93. The van der Waals surface area contributed by atoms with Gasteiger partial charge in [-0.05, 0) is 55.2 Å². The number of aromatic carboxylic acids is 1. The molecule has 1 saturated carbocycles. The maximum atomic E-state index is 12.3. The van der Waals surface area contributed by atoms with Gasteiger partial charge in [0.15, 0.2) is 22.9 Å². The number of carboxylic acid groups (broad SMARTS) is 1. The summed E-state index contributed by atoms with van der Waals surface area (Å²) in [5.74, 6) is 0.327. The van der Waals surface area contributed by atoms with Gasteiger partial charge in [0.25, 0.3) is 5.91 Å². The first-order valence-electron chi connectivity index (χ1n) is 13.4. The fourth-order valence-corrected chi connectivity index (χ4v) is 4.94. The first-order valence-corrected chi connectivity index (χ1v) is 13.4. The molecule has 6 aromatic rings. The van der Waals surface area contributed by atoms with Gasteiger partial charge in [-0.1, -0.05) is 29.6 Å². The van der Waals surface area contributed by atoms with E-state index in [4.69, 9.17) is 14.2 Å². The highest BCUT2D eigenvalue weighted by Crippen LogP contribution is 2.26. The Bertz CT molecular complexity index is 1810. The SMILES string of the molecule is O=C(NCC1CCCCC1)c1cc(-c2ccc3[nH]ncc3c2)on1.O=C(O)c1cc(-c2ccc3[nH]ncc3c2)on1. The molecule has 4 aromatic heterocycles. The number of rotatable bonds is 6. The van der Waals surface area contributed by atoms with Crippen LogP contribution in [-0.2, 0) is 0 Å². The number of carbonyl (C=O) groups excluding carboxylic acids is 1. The average molecular weight is 554 g/mol. The molecule has 7 rings (SSSR count). The van der Waals surface area contributed by atoms with Gasteiger partial charge in [0, 0.05) is 40.6 Å². The number of fused-ring (bicyclic) bond motifs is 2. The molecule has 1 amide bonds. The standard InChI is InChI=1S/C18H20N4O2.C11H7N3O3/c23-18(19-10-12-4-2-1-3-5-12)16-9-17(24-22-16)13-6-7-15-14(8-13)11-20-21-15;15-11(16)9-4-10(17-14-9)6-1-2-8-7(3-6)5-12-13-8/h6-9,11-12H,1-5,10H2,(H,19,23)(H,20,21);1-5H,(H,12,13)(H,15,16). The lowest BCUT2D eigenvalue weighted by Crippen LogP contribution is -2.30. The quantitative estimate of drug-likeness (QED) is 0.209. The maximum absolute atomic E-state index is 12.3. The van der Waals surface area contributed by atoms with Crippen LogP contribution < -0.4 is 5.32 Å². The normalized spacial score (nSPS) is 13.7. The second-order valence-corrected chi connectivity index (χ2v) is 10.0. The second-order valence-electron chi connectivity index (χ2n) is 10.0. The molecule has 0 radical (unpaired) electrons. The zero-order valence-electron chi connectivity index (χ0n) is 22.0. The Labute approximate surface area is 233 Å². The molecule has 4 heterocycles. The molecule has 4 N–H and O–H groups in total. The smallest absolute Gasteiger partial charge is 0.358 e. The Kier molecular flexibility index (Phi) is 7.27. The molecule has 12 heteroatoms. The van der Waals surface area contributed by atoms with Gasteiger partial charge in [0.05, 0.1) is 23.4 Å². The van der Waals surface area contributed by atoms with Crippen LogP contribution in [0.25, 0.3) is 44.5 Å². The Morgan fingerprint density at radius 1 is 0.805 bits per heavy atom. The number of hydrogen-bond donors (Lipinski definition) is 4. The summed E-state index contributed by atoms with van der Waals surface area (Å²) in [6.45, 7) is 0.724. The van der Waals surface area contributed by atoms with Crippen molar-refractivity contribution in [2.24, 2.45) is 5.92 Å². The lowest BCUT2D eigenvalue weighted by atomic mass is 9.89. The minimum absolute atomic E-state index is 0.104. The first kappa shape index (κ1) is 26.0. The zero-order chi connectivity index (χ0) is 28.2. The molecule has 0 saturated heterocycles. The molecule has 12 nitrogen and oxygen atoms in total. The Balaban J connectivity index is 0.000000156. The molecule has 0 aliphatic heterocycles. The van der Waals surface area contributed by atoms with Crippen molar-refractivity contribution >= 4 is 33.7 Å². The van der Waals surface area contributed by atoms with Crippen LogP contribution in [0.4, 0.5) is 0 Å². The first-order chi connectivity index (χ1) is 20.0. The van der Waals surface area contributed by atoms with Crippen LogP contribution in [0.2, 0.25) is 0 Å². The number of aromatic amines is 2. The van der Waals surface area contributed by atoms with Crippen LogP contribution in [-0.4, -0.2) is 54.2 Å². The number of nitrogens with one attached hydrogen (secondary N) is 3. The highest BCUT2D eigenvalue weighted by atomic mass is 16.5. The van der Waals surface area contributed by atoms with Crippen molar-refractivity contribution in [3.8, 4) is 22.6 Å². The molecule has 0 spiro atoms. The van der Waals surface area contributed by atoms with Gasteiger partial charge < -0.3 is 19.5 Å². The lowest BCUT2D eigenvalue weighted by molar-refractivity contribution is 0.0685. The van der Waals surface area contributed by atoms with Crippen LogP contribution in [0.5, 0.6) is 0 Å². The van der Waals surface area contributed by atoms with Crippen LogP contribution in [0.3, 0.4) is 0 Å². The summed E-state index contributed by atoms with van der Waals surface area (Å²) in [6, 6.07) is 14.4. The molecule has 208 valence electrons. The Morgan fingerprint density at radius 3 is 1.93 bits per heavy atom. The number of carbonyl (C=O) groups is 2. The monoisotopic (exact) mass is 553 g/mol. The summed E-state index contributed by atoms with van der Waals surface area (Å²) in [7, 11) is 0. The van der Waals surface area contributed by atoms with Crippen molar-refractivity contribution in [1.82, 2.24) is 36.0 Å². The molecule has 2 aromatic carbocycles. The van der Waals surface area contributed by atoms with Gasteiger partial charge in [0.2, 0.25) is 0 Å². The average Bonchev–Trinajstić information content (AvgIpc) is 3.82. The highest BCUT2D eigenvalue weighted by Gasteiger charge is 2.18. The van der Waals surface area contributed by atoms with E-state index in [1.165, 1.54) is 38.2 Å². The molecule has 0 atom stereocenters. The number of nitrogens with zero attached hydrogens (tertiary/aromatic N) is 4. The number of hydrogen-bond acceptors (Lipinski definition) is 8. The molecule has 0 bridgehead atoms. The molecule has 41 heavy (non-hydrogen) atoms. The number of H-pyrrole nitrogens is 2. The minimum atomic E-state index is -1.11. The van der Waals surface area contributed by atoms with Gasteiger partial charge in [-0.3, -0.25) is 15.0 Å². The summed E-state index contributed by atoms with van der Waals surface area (Å²) >= 11 is 0. The van der Waals surface area contributed by atoms with Gasteiger partial charge >= 0.3 is 5.97 Å². The largest absolute Gasteiger partial charge is 0.476 e. The van der Waals surface area contributed by atoms with Gasteiger partial charge in [0.1, 0.15) is 0 Å². The summed E-state index contributed by atoms with van der Waals surface area (Å²) in [5.41, 5.74) is 3.73. The molecular formula is C29H27N7O5. The van der Waals surface area contributed by atoms with E-state index in [0.29, 0.717) is 23.1 Å². The molecular weight excluding hydrogens is 526 g/mol. The number of aromatic nitrogens is 6. The second kappa shape index (κ2) is 11.5. The van der Waals surface area contributed by atoms with Crippen LogP contribution in [0.15, 0.2) is 70.0 Å². The van der Waals surface area contributed by atoms with E-state index in [1.54, 1.807) is 18.5 Å². The third-order valence-electron chi connectivity index (χ3n) is 7.20. The van der Waals surface area contributed by atoms with Crippen molar-refractivity contribution in [3.63, 3.8) is 0 Å². The maximum Gasteiger partial charge on any atom is 0.358 e. The summed E-state index contributed by atoms with van der Waals surface area (Å²) in [5, 5.41) is 34.7. The summed E-state index contributed by atoms with van der Waals surface area (Å²) in [6.07, 6.45) is 9.71. The zero-order valence-corrected chi connectivity index (χ0v) is 22.0. The van der Waals surface area contributed by atoms with E-state index in [0.717, 1.165) is 39.5 Å². The van der Waals surface area contributed by atoms with Crippen LogP contribution in [0.1, 0.15) is 53.1 Å². The topological polar surface area (TPSA) is 176 Å². The van der Waals surface area contributed by atoms with E-state index in [-0.39, 0.29) is 11.6 Å². The van der Waals surface area contributed by atoms with E-state index < -0.39 is 5.97 Å². The fourth-order valence-electron chi connectivity index (χ4n) is 4.94. The fraction of sp³-hybridized carbons (Fsp3) is 0.241. The van der Waals surface area contributed by atoms with Crippen molar-refractivity contribution < 1.29 is 23.7 Å². The van der Waals surface area contributed by atoms with Gasteiger partial charge in [-0.25, -0.2) is 4.79 Å². The predicted octanol–water partition coefficient (Wildman–Crippen LogP) is 5.44. The predicted molar refractivity (Wildman–Crippen MR) is 149 cm³/mol. The minimum Gasteiger partial charge on any atom is -0.476 e. The number of amides is 1. The van der Waals surface area contributed by atoms with E-state index in [2.05, 4.69) is 36.0 Å². The third kappa shape index (κ3) is 5.86. The molecule has 1 aliphatic rings. The molecule has 0 unspecified atom stereocenters. The van der Waals surface area contributed by atoms with Crippen molar-refractivity contribution in [3.05, 3.63) is 72.3 Å². The van der Waals surface area contributed by atoms with Crippen LogP contribution in [0, 0.1) is 5.92 Å². The Morgan fingerprint density at radius 2 is 1.37 bits per heavy atom. The van der Waals surface area contributed by atoms with Gasteiger partial charge in [-0.2, -0.15) is 10.2 Å². The lowest BCUT2D eigenvalue weighted by Gasteiger charge is -2.21. The summed E-state index contributed by atoms with van der Waals surface area (Å²) in [4.78, 5) is 22.9.